The summed E-state index contributed by atoms with van der Waals surface area (Å²) >= 11 is 6.84. The van der Waals surface area contributed by atoms with Gasteiger partial charge in [0, 0.05) is 20.1 Å². The molecule has 0 fully saturated rings. The van der Waals surface area contributed by atoms with Gasteiger partial charge in [-0.05, 0) is 42.5 Å². The van der Waals surface area contributed by atoms with Gasteiger partial charge in [-0.1, -0.05) is 44.0 Å². The third kappa shape index (κ3) is 3.40. The molecule has 1 N–H and O–H groups in total. The smallest absolute Gasteiger partial charge is 0.276 e. The third-order valence-corrected chi connectivity index (χ3v) is 4.77. The summed E-state index contributed by atoms with van der Waals surface area (Å²) in [5.41, 5.74) is 2.67. The predicted molar refractivity (Wildman–Crippen MR) is 109 cm³/mol. The maximum absolute atomic E-state index is 12.0. The molecule has 0 spiro atoms. The average Bonchev–Trinajstić information content (AvgIpc) is 3.20. The largest absolute Gasteiger partial charge is 0.455 e. The van der Waals surface area contributed by atoms with E-state index < -0.39 is 0 Å². The van der Waals surface area contributed by atoms with E-state index in [2.05, 4.69) is 47.4 Å². The van der Waals surface area contributed by atoms with Gasteiger partial charge in [-0.25, -0.2) is 0 Å². The minimum Gasteiger partial charge on any atom is -0.455 e. The Morgan fingerprint density at radius 3 is 2.69 bits per heavy atom. The summed E-state index contributed by atoms with van der Waals surface area (Å²) in [6.45, 7) is 0. The van der Waals surface area contributed by atoms with E-state index >= 15 is 0 Å². The lowest BCUT2D eigenvalue weighted by Crippen LogP contribution is -2.13. The maximum Gasteiger partial charge on any atom is 0.276 e. The van der Waals surface area contributed by atoms with Crippen molar-refractivity contribution < 1.29 is 9.21 Å². The van der Waals surface area contributed by atoms with Crippen LogP contribution in [0.2, 0.25) is 0 Å². The van der Waals surface area contributed by atoms with Crippen molar-refractivity contribution in [3.05, 3.63) is 74.9 Å². The minimum absolute atomic E-state index is 0.274. The van der Waals surface area contributed by atoms with Crippen molar-refractivity contribution in [3.8, 4) is 11.3 Å². The van der Waals surface area contributed by atoms with Crippen molar-refractivity contribution in [2.75, 3.05) is 5.32 Å². The molecule has 0 aliphatic carbocycles. The molecular formula is C19H11Br2N3O2. The second-order valence-electron chi connectivity index (χ2n) is 5.55. The number of carbonyl (C=O) groups excluding carboxylic acids is 1. The van der Waals surface area contributed by atoms with Crippen LogP contribution in [-0.4, -0.2) is 17.8 Å². The van der Waals surface area contributed by atoms with E-state index in [1.807, 2.05) is 48.5 Å². The Kier molecular flexibility index (Phi) is 4.57. The molecule has 0 bridgehead atoms. The topological polar surface area (TPSA) is 67.0 Å². The van der Waals surface area contributed by atoms with Crippen LogP contribution in [0.15, 0.2) is 78.2 Å². The molecule has 2 heterocycles. The lowest BCUT2D eigenvalue weighted by atomic mass is 10.1. The fourth-order valence-electron chi connectivity index (χ4n) is 2.59. The molecule has 4 rings (SSSR count). The first-order chi connectivity index (χ1) is 12.6. The number of nitrogens with zero attached hydrogens (tertiary/aromatic N) is 2. The highest BCUT2D eigenvalue weighted by Gasteiger charge is 2.26. The first-order valence-corrected chi connectivity index (χ1v) is 9.27. The van der Waals surface area contributed by atoms with Crippen molar-refractivity contribution in [1.82, 2.24) is 0 Å². The Balaban J connectivity index is 1.57. The van der Waals surface area contributed by atoms with E-state index in [9.17, 15) is 4.79 Å². The molecule has 26 heavy (non-hydrogen) atoms. The Labute approximate surface area is 166 Å². The molecule has 0 radical (unpaired) electrons. The summed E-state index contributed by atoms with van der Waals surface area (Å²) in [5, 5.41) is 10.8. The number of fused-ring (bicyclic) bond motifs is 1. The third-order valence-electron chi connectivity index (χ3n) is 3.78. The number of hydrogen-bond acceptors (Lipinski definition) is 4. The lowest BCUT2D eigenvalue weighted by molar-refractivity contribution is -0.110. The van der Waals surface area contributed by atoms with Gasteiger partial charge in [0.05, 0.1) is 11.9 Å². The molecular weight excluding hydrogens is 462 g/mol. The highest BCUT2D eigenvalue weighted by Crippen LogP contribution is 2.27. The van der Waals surface area contributed by atoms with Crippen LogP contribution in [0.1, 0.15) is 11.3 Å². The molecule has 0 saturated heterocycles. The molecule has 3 aromatic rings. The number of hydrogen-bond donors (Lipinski definition) is 1. The van der Waals surface area contributed by atoms with Gasteiger partial charge >= 0.3 is 0 Å². The van der Waals surface area contributed by atoms with E-state index in [0.717, 1.165) is 31.5 Å². The van der Waals surface area contributed by atoms with Crippen LogP contribution in [0.4, 0.5) is 5.69 Å². The van der Waals surface area contributed by atoms with Crippen molar-refractivity contribution in [2.24, 2.45) is 10.2 Å². The molecule has 0 atom stereocenters. The minimum atomic E-state index is -0.274. The van der Waals surface area contributed by atoms with Crippen LogP contribution in [0.3, 0.4) is 0 Å². The first-order valence-electron chi connectivity index (χ1n) is 7.68. The van der Waals surface area contributed by atoms with Crippen LogP contribution in [0.5, 0.6) is 0 Å². The van der Waals surface area contributed by atoms with E-state index in [-0.39, 0.29) is 11.6 Å². The predicted octanol–water partition coefficient (Wildman–Crippen LogP) is 5.25. The molecule has 128 valence electrons. The maximum atomic E-state index is 12.0. The van der Waals surface area contributed by atoms with E-state index in [4.69, 9.17) is 4.42 Å². The summed E-state index contributed by atoms with van der Waals surface area (Å²) in [6, 6.07) is 17.0. The number of nitrogens with one attached hydrogen (secondary N) is 1. The Morgan fingerprint density at radius 1 is 1.00 bits per heavy atom. The van der Waals surface area contributed by atoms with Crippen LogP contribution in [0.25, 0.3) is 11.3 Å². The number of carbonyl (C=O) groups is 1. The number of furan rings is 1. The highest BCUT2D eigenvalue weighted by atomic mass is 79.9. The molecule has 1 aliphatic heterocycles. The second-order valence-corrected chi connectivity index (χ2v) is 7.38. The number of benzene rings is 2. The molecule has 1 aliphatic rings. The van der Waals surface area contributed by atoms with Crippen molar-refractivity contribution >= 4 is 55.4 Å². The van der Waals surface area contributed by atoms with Crippen molar-refractivity contribution in [2.45, 2.75) is 0 Å². The standard InChI is InChI=1S/C19H11Br2N3O2/c20-12-3-1-2-11(8-12)17-7-5-14(26-17)10-22-24-18-15-9-13(21)4-6-16(15)23-19(18)25/h1-10H,(H,23,24,25)/b22-10-. The zero-order valence-electron chi connectivity index (χ0n) is 13.2. The number of halogens is 2. The normalized spacial score (nSPS) is 14.8. The van der Waals surface area contributed by atoms with Crippen LogP contribution in [0, 0.1) is 0 Å². The summed E-state index contributed by atoms with van der Waals surface area (Å²) < 4.78 is 7.60. The fourth-order valence-corrected chi connectivity index (χ4v) is 3.35. The SMILES string of the molecule is O=C1Nc2ccc(Br)cc2/C1=N\N=C/c1ccc(-c2cccc(Br)c2)o1. The van der Waals surface area contributed by atoms with E-state index in [1.54, 1.807) is 6.07 Å². The lowest BCUT2D eigenvalue weighted by Gasteiger charge is -1.97. The van der Waals surface area contributed by atoms with Crippen LogP contribution < -0.4 is 5.32 Å². The van der Waals surface area contributed by atoms with Crippen LogP contribution >= 0.6 is 31.9 Å². The molecule has 7 heteroatoms. The summed E-state index contributed by atoms with van der Waals surface area (Å²) in [6.07, 6.45) is 1.48. The average molecular weight is 473 g/mol. The zero-order valence-corrected chi connectivity index (χ0v) is 16.4. The molecule has 1 aromatic heterocycles. The number of rotatable bonds is 3. The molecule has 2 aromatic carbocycles. The summed E-state index contributed by atoms with van der Waals surface area (Å²) in [4.78, 5) is 12.0. The Hall–Kier alpha value is -2.51. The van der Waals surface area contributed by atoms with Gasteiger partial charge in [-0.15, -0.1) is 5.10 Å². The quantitative estimate of drug-likeness (QED) is 0.418. The molecule has 0 unspecified atom stereocenters. The Bertz CT molecular complexity index is 1070. The van der Waals surface area contributed by atoms with E-state index in [0.29, 0.717) is 5.76 Å². The monoisotopic (exact) mass is 471 g/mol. The molecule has 1 amide bonds. The fraction of sp³-hybridized carbons (Fsp3) is 0. The van der Waals surface area contributed by atoms with Crippen molar-refractivity contribution in [3.63, 3.8) is 0 Å². The number of anilines is 1. The van der Waals surface area contributed by atoms with Gasteiger partial charge in [-0.2, -0.15) is 5.10 Å². The van der Waals surface area contributed by atoms with Gasteiger partial charge in [0.1, 0.15) is 11.5 Å². The number of amides is 1. The second kappa shape index (κ2) is 7.01. The zero-order chi connectivity index (χ0) is 18.1. The molecule has 5 nitrogen and oxygen atoms in total. The van der Waals surface area contributed by atoms with Gasteiger partial charge in [0.25, 0.3) is 5.91 Å². The first kappa shape index (κ1) is 16.9. The van der Waals surface area contributed by atoms with Gasteiger partial charge in [-0.3, -0.25) is 4.79 Å². The molecule has 0 saturated carbocycles. The highest BCUT2D eigenvalue weighted by molar-refractivity contribution is 9.10. The van der Waals surface area contributed by atoms with E-state index in [1.165, 1.54) is 6.21 Å². The van der Waals surface area contributed by atoms with Gasteiger partial charge in [0.15, 0.2) is 5.71 Å². The Morgan fingerprint density at radius 2 is 1.85 bits per heavy atom. The summed E-state index contributed by atoms with van der Waals surface area (Å²) in [5.74, 6) is 1.01. The van der Waals surface area contributed by atoms with Crippen molar-refractivity contribution in [1.29, 1.82) is 0 Å². The van der Waals surface area contributed by atoms with Gasteiger partial charge in [0.2, 0.25) is 0 Å². The van der Waals surface area contributed by atoms with Crippen LogP contribution in [-0.2, 0) is 4.79 Å². The summed E-state index contributed by atoms with van der Waals surface area (Å²) in [7, 11) is 0. The van der Waals surface area contributed by atoms with Gasteiger partial charge < -0.3 is 9.73 Å².